The Morgan fingerprint density at radius 2 is 2.05 bits per heavy atom. The van der Waals surface area contributed by atoms with Crippen LogP contribution >= 0.6 is 22.9 Å². The molecule has 3 N–H and O–H groups in total. The number of carbonyl (C=O) groups excluding carboxylic acids is 1. The van der Waals surface area contributed by atoms with Gasteiger partial charge in [-0.3, -0.25) is 10.1 Å². The first-order valence-corrected chi connectivity index (χ1v) is 7.18. The number of thiophene rings is 1. The monoisotopic (exact) mass is 294 g/mol. The van der Waals surface area contributed by atoms with Crippen LogP contribution in [0.25, 0.3) is 0 Å². The maximum Gasteiger partial charge on any atom is 0.239 e. The quantitative estimate of drug-likeness (QED) is 0.889. The summed E-state index contributed by atoms with van der Waals surface area (Å²) >= 11 is 7.76. The van der Waals surface area contributed by atoms with Gasteiger partial charge in [0.15, 0.2) is 0 Å². The van der Waals surface area contributed by atoms with Crippen LogP contribution in [-0.2, 0) is 4.79 Å². The van der Waals surface area contributed by atoms with Crippen LogP contribution in [0.2, 0.25) is 5.02 Å². The molecule has 0 saturated carbocycles. The van der Waals surface area contributed by atoms with Gasteiger partial charge in [-0.05, 0) is 30.0 Å². The summed E-state index contributed by atoms with van der Waals surface area (Å²) in [7, 11) is 0. The summed E-state index contributed by atoms with van der Waals surface area (Å²) < 4.78 is 0. The van der Waals surface area contributed by atoms with Crippen LogP contribution < -0.4 is 11.1 Å². The fraction of sp³-hybridized carbons (Fsp3) is 0.214. The van der Waals surface area contributed by atoms with Crippen molar-refractivity contribution in [1.82, 2.24) is 5.32 Å². The van der Waals surface area contributed by atoms with Gasteiger partial charge in [0.1, 0.15) is 6.04 Å². The van der Waals surface area contributed by atoms with Crippen molar-refractivity contribution in [3.63, 3.8) is 0 Å². The molecular formula is C14H15ClN2OS. The maximum absolute atomic E-state index is 11.7. The minimum atomic E-state index is -0.592. The van der Waals surface area contributed by atoms with E-state index in [1.54, 1.807) is 17.4 Å². The molecule has 19 heavy (non-hydrogen) atoms. The highest BCUT2D eigenvalue weighted by Gasteiger charge is 2.22. The number of nitrogens with two attached hydrogens (primary N) is 1. The Morgan fingerprint density at radius 1 is 1.32 bits per heavy atom. The molecule has 1 aromatic carbocycles. The highest BCUT2D eigenvalue weighted by molar-refractivity contribution is 7.10. The molecule has 2 unspecified atom stereocenters. The molecule has 2 aromatic rings. The van der Waals surface area contributed by atoms with E-state index in [0.717, 1.165) is 4.88 Å². The van der Waals surface area contributed by atoms with Crippen molar-refractivity contribution in [2.45, 2.75) is 19.0 Å². The normalized spacial score (nSPS) is 14.0. The standard InChI is InChI=1S/C14H15ClN2OS/c1-9(12-7-4-8-19-12)17-13(14(16)18)10-5-2-3-6-11(10)15/h2-9,13,17H,1H3,(H2,16,18). The van der Waals surface area contributed by atoms with Gasteiger partial charge in [-0.2, -0.15) is 0 Å². The lowest BCUT2D eigenvalue weighted by atomic mass is 10.0. The molecule has 0 fully saturated rings. The molecule has 0 saturated heterocycles. The van der Waals surface area contributed by atoms with Gasteiger partial charge in [0.2, 0.25) is 5.91 Å². The number of hydrogen-bond acceptors (Lipinski definition) is 3. The first-order valence-electron chi connectivity index (χ1n) is 5.93. The van der Waals surface area contributed by atoms with Crippen molar-refractivity contribution >= 4 is 28.8 Å². The lowest BCUT2D eigenvalue weighted by Gasteiger charge is -2.21. The number of amides is 1. The van der Waals surface area contributed by atoms with Crippen molar-refractivity contribution in [3.05, 3.63) is 57.2 Å². The molecule has 2 rings (SSSR count). The second-order valence-electron chi connectivity index (χ2n) is 4.26. The van der Waals surface area contributed by atoms with Crippen LogP contribution in [0, 0.1) is 0 Å². The summed E-state index contributed by atoms with van der Waals surface area (Å²) in [6.07, 6.45) is 0. The van der Waals surface area contributed by atoms with Crippen LogP contribution in [0.4, 0.5) is 0 Å². The van der Waals surface area contributed by atoms with Crippen molar-refractivity contribution in [3.8, 4) is 0 Å². The Kier molecular flexibility index (Phi) is 4.58. The van der Waals surface area contributed by atoms with E-state index < -0.39 is 11.9 Å². The molecule has 1 amide bonds. The molecule has 0 bridgehead atoms. The van der Waals surface area contributed by atoms with E-state index >= 15 is 0 Å². The molecule has 0 aliphatic rings. The third-order valence-electron chi connectivity index (χ3n) is 2.89. The van der Waals surface area contributed by atoms with Gasteiger partial charge in [0.25, 0.3) is 0 Å². The third kappa shape index (κ3) is 3.35. The molecule has 1 aromatic heterocycles. The van der Waals surface area contributed by atoms with Gasteiger partial charge in [0, 0.05) is 15.9 Å². The van der Waals surface area contributed by atoms with E-state index in [-0.39, 0.29) is 6.04 Å². The minimum Gasteiger partial charge on any atom is -0.368 e. The highest BCUT2D eigenvalue weighted by atomic mass is 35.5. The highest BCUT2D eigenvalue weighted by Crippen LogP contribution is 2.26. The van der Waals surface area contributed by atoms with Crippen molar-refractivity contribution in [2.75, 3.05) is 0 Å². The zero-order chi connectivity index (χ0) is 13.8. The Morgan fingerprint density at radius 3 is 2.63 bits per heavy atom. The van der Waals surface area contributed by atoms with Gasteiger partial charge in [-0.1, -0.05) is 35.9 Å². The van der Waals surface area contributed by atoms with Crippen LogP contribution in [0.1, 0.15) is 29.4 Å². The Balaban J connectivity index is 2.22. The minimum absolute atomic E-state index is 0.0359. The van der Waals surface area contributed by atoms with Gasteiger partial charge in [-0.25, -0.2) is 0 Å². The number of halogens is 1. The summed E-state index contributed by atoms with van der Waals surface area (Å²) in [5.74, 6) is -0.434. The molecular weight excluding hydrogens is 280 g/mol. The largest absolute Gasteiger partial charge is 0.368 e. The van der Waals surface area contributed by atoms with Gasteiger partial charge < -0.3 is 5.73 Å². The van der Waals surface area contributed by atoms with E-state index in [2.05, 4.69) is 5.32 Å². The SMILES string of the molecule is CC(NC(C(N)=O)c1ccccc1Cl)c1cccs1. The smallest absolute Gasteiger partial charge is 0.239 e. The zero-order valence-corrected chi connectivity index (χ0v) is 12.0. The summed E-state index contributed by atoms with van der Waals surface area (Å²) in [6, 6.07) is 10.7. The van der Waals surface area contributed by atoms with E-state index in [9.17, 15) is 4.79 Å². The molecule has 100 valence electrons. The fourth-order valence-corrected chi connectivity index (χ4v) is 2.89. The van der Waals surface area contributed by atoms with Gasteiger partial charge >= 0.3 is 0 Å². The average molecular weight is 295 g/mol. The molecule has 0 radical (unpaired) electrons. The van der Waals surface area contributed by atoms with E-state index in [0.29, 0.717) is 10.6 Å². The van der Waals surface area contributed by atoms with Gasteiger partial charge in [-0.15, -0.1) is 11.3 Å². The van der Waals surface area contributed by atoms with Crippen molar-refractivity contribution in [1.29, 1.82) is 0 Å². The van der Waals surface area contributed by atoms with E-state index in [1.807, 2.05) is 42.6 Å². The molecule has 5 heteroatoms. The summed E-state index contributed by atoms with van der Waals surface area (Å²) in [5, 5.41) is 5.77. The average Bonchev–Trinajstić information content (AvgIpc) is 2.90. The Hall–Kier alpha value is -1.36. The summed E-state index contributed by atoms with van der Waals surface area (Å²) in [4.78, 5) is 12.8. The first kappa shape index (κ1) is 14.1. The Labute approximate surface area is 121 Å². The van der Waals surface area contributed by atoms with Crippen LogP contribution in [-0.4, -0.2) is 5.91 Å². The predicted octanol–water partition coefficient (Wildman–Crippen LogP) is 3.28. The number of primary amides is 1. The van der Waals surface area contributed by atoms with Crippen molar-refractivity contribution in [2.24, 2.45) is 5.73 Å². The number of hydrogen-bond donors (Lipinski definition) is 2. The molecule has 0 aliphatic heterocycles. The molecule has 0 aliphatic carbocycles. The number of rotatable bonds is 5. The second kappa shape index (κ2) is 6.19. The third-order valence-corrected chi connectivity index (χ3v) is 4.29. The zero-order valence-electron chi connectivity index (χ0n) is 10.5. The number of carbonyl (C=O) groups is 1. The summed E-state index contributed by atoms with van der Waals surface area (Å²) in [5.41, 5.74) is 6.19. The molecule has 3 nitrogen and oxygen atoms in total. The number of benzene rings is 1. The summed E-state index contributed by atoms with van der Waals surface area (Å²) in [6.45, 7) is 2.00. The van der Waals surface area contributed by atoms with E-state index in [1.165, 1.54) is 0 Å². The lowest BCUT2D eigenvalue weighted by molar-refractivity contribution is -0.120. The molecule has 2 atom stereocenters. The molecule has 1 heterocycles. The van der Waals surface area contributed by atoms with Crippen LogP contribution in [0.5, 0.6) is 0 Å². The molecule has 0 spiro atoms. The topological polar surface area (TPSA) is 55.1 Å². The number of nitrogens with one attached hydrogen (secondary N) is 1. The van der Waals surface area contributed by atoms with Crippen LogP contribution in [0.3, 0.4) is 0 Å². The maximum atomic E-state index is 11.7. The predicted molar refractivity (Wildman–Crippen MR) is 79.3 cm³/mol. The first-order chi connectivity index (χ1) is 9.09. The van der Waals surface area contributed by atoms with Gasteiger partial charge in [0.05, 0.1) is 0 Å². The fourth-order valence-electron chi connectivity index (χ4n) is 1.90. The van der Waals surface area contributed by atoms with E-state index in [4.69, 9.17) is 17.3 Å². The Bertz CT molecular complexity index is 556. The second-order valence-corrected chi connectivity index (χ2v) is 5.65. The van der Waals surface area contributed by atoms with Crippen LogP contribution in [0.15, 0.2) is 41.8 Å². The van der Waals surface area contributed by atoms with Crippen molar-refractivity contribution < 1.29 is 4.79 Å². The lowest BCUT2D eigenvalue weighted by Crippen LogP contribution is -2.35.